The Morgan fingerprint density at radius 2 is 1.76 bits per heavy atom. The number of aliphatic carboxylic acids is 1. The molecular weight excluding hydrogens is 279 g/mol. The number of amides is 3. The van der Waals surface area contributed by atoms with E-state index in [1.54, 1.807) is 0 Å². The predicted molar refractivity (Wildman–Crippen MR) is 74.3 cm³/mol. The molecule has 0 fully saturated rings. The third kappa shape index (κ3) is 4.13. The number of carbonyl (C=O) groups excluding carboxylic acids is 2. The second-order valence-corrected chi connectivity index (χ2v) is 4.38. The van der Waals surface area contributed by atoms with E-state index in [1.807, 2.05) is 5.32 Å². The quantitative estimate of drug-likeness (QED) is 0.745. The molecule has 0 aliphatic rings. The first-order valence-electron chi connectivity index (χ1n) is 6.02. The normalized spacial score (nSPS) is 11.4. The minimum Gasteiger partial charge on any atom is -0.478 e. The number of imide groups is 1. The Morgan fingerprint density at radius 3 is 2.33 bits per heavy atom. The maximum Gasteiger partial charge on any atom is 0.331 e. The number of halogens is 1. The summed E-state index contributed by atoms with van der Waals surface area (Å²) in [6.45, 7) is 4.03. The molecule has 0 heterocycles. The monoisotopic (exact) mass is 294 g/mol. The molecule has 0 spiro atoms. The van der Waals surface area contributed by atoms with E-state index in [2.05, 4.69) is 5.32 Å². The first kappa shape index (κ1) is 16.4. The lowest BCUT2D eigenvalue weighted by Crippen LogP contribution is -2.35. The Balaban J connectivity index is 2.79. The van der Waals surface area contributed by atoms with Crippen LogP contribution in [0, 0.1) is 12.7 Å². The van der Waals surface area contributed by atoms with E-state index >= 15 is 0 Å². The van der Waals surface area contributed by atoms with Gasteiger partial charge in [-0.25, -0.2) is 14.0 Å². The van der Waals surface area contributed by atoms with E-state index in [1.165, 1.54) is 39.0 Å². The number of nitrogens with one attached hydrogen (secondary N) is 2. The summed E-state index contributed by atoms with van der Waals surface area (Å²) in [7, 11) is 0. The van der Waals surface area contributed by atoms with Crippen LogP contribution in [-0.2, 0) is 9.59 Å². The number of hydrogen-bond donors (Lipinski definition) is 3. The molecule has 0 aliphatic heterocycles. The molecular formula is C14H15FN2O4. The minimum absolute atomic E-state index is 0.0892. The average molecular weight is 294 g/mol. The smallest absolute Gasteiger partial charge is 0.331 e. The van der Waals surface area contributed by atoms with Crippen LogP contribution in [0.1, 0.15) is 19.4 Å². The molecule has 112 valence electrons. The zero-order valence-corrected chi connectivity index (χ0v) is 11.8. The number of rotatable bonds is 3. The molecule has 0 bridgehead atoms. The molecule has 1 aromatic rings. The van der Waals surface area contributed by atoms with E-state index in [0.717, 1.165) is 0 Å². The van der Waals surface area contributed by atoms with Crippen LogP contribution in [0.25, 0.3) is 0 Å². The Bertz CT molecular complexity index is 638. The van der Waals surface area contributed by atoms with Gasteiger partial charge in [0.25, 0.3) is 5.91 Å². The number of anilines is 1. The fourth-order valence-corrected chi connectivity index (χ4v) is 1.42. The van der Waals surface area contributed by atoms with Crippen molar-refractivity contribution < 1.29 is 23.9 Å². The van der Waals surface area contributed by atoms with Crippen LogP contribution in [0.15, 0.2) is 29.3 Å². The minimum atomic E-state index is -1.25. The van der Waals surface area contributed by atoms with Crippen LogP contribution in [0.5, 0.6) is 0 Å². The van der Waals surface area contributed by atoms with Crippen LogP contribution >= 0.6 is 0 Å². The summed E-state index contributed by atoms with van der Waals surface area (Å²) >= 11 is 0. The lowest BCUT2D eigenvalue weighted by molar-refractivity contribution is -0.133. The molecule has 3 amide bonds. The third-order valence-corrected chi connectivity index (χ3v) is 2.97. The van der Waals surface area contributed by atoms with Gasteiger partial charge in [-0.1, -0.05) is 6.07 Å². The van der Waals surface area contributed by atoms with Gasteiger partial charge in [0, 0.05) is 22.4 Å². The molecule has 0 aromatic heterocycles. The predicted octanol–water partition coefficient (Wildman–Crippen LogP) is 2.20. The topological polar surface area (TPSA) is 95.5 Å². The van der Waals surface area contributed by atoms with Crippen molar-refractivity contribution in [3.8, 4) is 0 Å². The van der Waals surface area contributed by atoms with Crippen molar-refractivity contribution in [3.05, 3.63) is 40.7 Å². The lowest BCUT2D eigenvalue weighted by Gasteiger charge is -2.10. The number of carboxylic acids is 1. The first-order chi connectivity index (χ1) is 9.73. The van der Waals surface area contributed by atoms with Crippen LogP contribution < -0.4 is 10.6 Å². The number of urea groups is 1. The standard InChI is InChI=1S/C14H15FN2O4/c1-7(8(2)13(19)20)12(18)17-14(21)16-11-6-4-5-10(15)9(11)3/h4-6H,1-3H3,(H,19,20)(H2,16,17,18,21). The van der Waals surface area contributed by atoms with Crippen molar-refractivity contribution >= 4 is 23.6 Å². The van der Waals surface area contributed by atoms with Crippen molar-refractivity contribution in [2.24, 2.45) is 0 Å². The number of hydrogen-bond acceptors (Lipinski definition) is 3. The fourth-order valence-electron chi connectivity index (χ4n) is 1.42. The van der Waals surface area contributed by atoms with Gasteiger partial charge < -0.3 is 10.4 Å². The zero-order valence-electron chi connectivity index (χ0n) is 11.8. The van der Waals surface area contributed by atoms with Crippen LogP contribution in [0.4, 0.5) is 14.9 Å². The molecule has 0 aliphatic carbocycles. The largest absolute Gasteiger partial charge is 0.478 e. The SMILES string of the molecule is CC(C(=O)O)=C(C)C(=O)NC(=O)Nc1cccc(F)c1C. The van der Waals surface area contributed by atoms with Gasteiger partial charge in [0.2, 0.25) is 0 Å². The van der Waals surface area contributed by atoms with E-state index in [4.69, 9.17) is 5.11 Å². The van der Waals surface area contributed by atoms with E-state index < -0.39 is 23.7 Å². The van der Waals surface area contributed by atoms with Crippen molar-refractivity contribution in [2.45, 2.75) is 20.8 Å². The number of benzene rings is 1. The second-order valence-electron chi connectivity index (χ2n) is 4.38. The maximum atomic E-state index is 13.3. The second kappa shape index (κ2) is 6.65. The summed E-state index contributed by atoms with van der Waals surface area (Å²) in [5.74, 6) is -2.57. The lowest BCUT2D eigenvalue weighted by atomic mass is 10.1. The summed E-state index contributed by atoms with van der Waals surface area (Å²) in [5, 5.41) is 13.1. The molecule has 0 saturated carbocycles. The highest BCUT2D eigenvalue weighted by Gasteiger charge is 2.16. The van der Waals surface area contributed by atoms with Crippen molar-refractivity contribution in [2.75, 3.05) is 5.32 Å². The summed E-state index contributed by atoms with van der Waals surface area (Å²) in [5.41, 5.74) is 0.196. The van der Waals surface area contributed by atoms with Gasteiger partial charge in [-0.15, -0.1) is 0 Å². The molecule has 3 N–H and O–H groups in total. The van der Waals surface area contributed by atoms with Gasteiger partial charge in [-0.2, -0.15) is 0 Å². The Labute approximate surface area is 120 Å². The molecule has 0 saturated heterocycles. The van der Waals surface area contributed by atoms with E-state index in [-0.39, 0.29) is 22.4 Å². The van der Waals surface area contributed by atoms with Crippen LogP contribution in [0.2, 0.25) is 0 Å². The highest BCUT2D eigenvalue weighted by atomic mass is 19.1. The molecule has 0 unspecified atom stereocenters. The first-order valence-corrected chi connectivity index (χ1v) is 6.02. The van der Waals surface area contributed by atoms with E-state index in [0.29, 0.717) is 0 Å². The molecule has 1 rings (SSSR count). The zero-order chi connectivity index (χ0) is 16.2. The average Bonchev–Trinajstić information content (AvgIpc) is 2.41. The molecule has 0 atom stereocenters. The molecule has 6 nitrogen and oxygen atoms in total. The van der Waals surface area contributed by atoms with E-state index in [9.17, 15) is 18.8 Å². The van der Waals surface area contributed by atoms with Crippen LogP contribution in [0.3, 0.4) is 0 Å². The summed E-state index contributed by atoms with van der Waals surface area (Å²) < 4.78 is 13.3. The van der Waals surface area contributed by atoms with Gasteiger partial charge in [-0.05, 0) is 32.9 Å². The Hall–Kier alpha value is -2.70. The summed E-state index contributed by atoms with van der Waals surface area (Å²) in [6.07, 6.45) is 0. The maximum absolute atomic E-state index is 13.3. The van der Waals surface area contributed by atoms with Crippen molar-refractivity contribution in [3.63, 3.8) is 0 Å². The van der Waals surface area contributed by atoms with Gasteiger partial charge in [0.15, 0.2) is 0 Å². The fraction of sp³-hybridized carbons (Fsp3) is 0.214. The highest BCUT2D eigenvalue weighted by molar-refractivity contribution is 6.10. The molecule has 21 heavy (non-hydrogen) atoms. The summed E-state index contributed by atoms with van der Waals surface area (Å²) in [6, 6.07) is 3.27. The number of carboxylic acid groups (broad SMARTS) is 1. The number of carbonyl (C=O) groups is 3. The van der Waals surface area contributed by atoms with Gasteiger partial charge in [-0.3, -0.25) is 10.1 Å². The third-order valence-electron chi connectivity index (χ3n) is 2.97. The van der Waals surface area contributed by atoms with Gasteiger partial charge >= 0.3 is 12.0 Å². The molecule has 0 radical (unpaired) electrons. The molecule has 1 aromatic carbocycles. The summed E-state index contributed by atoms with van der Waals surface area (Å²) in [4.78, 5) is 34.0. The van der Waals surface area contributed by atoms with Gasteiger partial charge in [0.1, 0.15) is 5.82 Å². The Kier molecular flexibility index (Phi) is 5.18. The van der Waals surface area contributed by atoms with Crippen molar-refractivity contribution in [1.29, 1.82) is 0 Å². The molecule has 7 heteroatoms. The van der Waals surface area contributed by atoms with Crippen molar-refractivity contribution in [1.82, 2.24) is 5.32 Å². The van der Waals surface area contributed by atoms with Gasteiger partial charge in [0.05, 0.1) is 0 Å². The van der Waals surface area contributed by atoms with Crippen LogP contribution in [-0.4, -0.2) is 23.0 Å². The highest BCUT2D eigenvalue weighted by Crippen LogP contribution is 2.17. The Morgan fingerprint density at radius 1 is 1.14 bits per heavy atom.